The van der Waals surface area contributed by atoms with Crippen LogP contribution in [0, 0.1) is 0 Å². The van der Waals surface area contributed by atoms with Crippen LogP contribution in [-0.2, 0) is 6.54 Å². The van der Waals surface area contributed by atoms with E-state index in [1.165, 1.54) is 6.33 Å². The molecule has 0 saturated carbocycles. The number of carboxylic acid groups (broad SMARTS) is 1. The number of nitrogens with zero attached hydrogens (tertiary/aromatic N) is 2. The summed E-state index contributed by atoms with van der Waals surface area (Å²) in [5, 5.41) is 11.7. The van der Waals surface area contributed by atoms with E-state index in [2.05, 4.69) is 10.3 Å². The number of aromatic carboxylic acids is 1. The average Bonchev–Trinajstić information content (AvgIpc) is 2.74. The van der Waals surface area contributed by atoms with Crippen LogP contribution in [-0.4, -0.2) is 26.5 Å². The minimum Gasteiger partial charge on any atom is -0.476 e. The molecule has 6 nitrogen and oxygen atoms in total. The van der Waals surface area contributed by atoms with Crippen molar-refractivity contribution in [3.8, 4) is 5.69 Å². The summed E-state index contributed by atoms with van der Waals surface area (Å²) in [4.78, 5) is 26.8. The van der Waals surface area contributed by atoms with Crippen molar-refractivity contribution in [2.24, 2.45) is 0 Å². The van der Waals surface area contributed by atoms with Crippen LogP contribution in [0.3, 0.4) is 0 Å². The Kier molecular flexibility index (Phi) is 2.16. The maximum atomic E-state index is 11.9. The number of aromatic nitrogens is 2. The number of carboxylic acids is 1. The molecular formula is C12H9N3O3. The molecule has 1 aromatic heterocycles. The van der Waals surface area contributed by atoms with Gasteiger partial charge in [-0.05, 0) is 12.1 Å². The predicted molar refractivity (Wildman–Crippen MR) is 61.7 cm³/mol. The van der Waals surface area contributed by atoms with Crippen LogP contribution in [0.4, 0.5) is 0 Å². The van der Waals surface area contributed by atoms with Gasteiger partial charge in [-0.2, -0.15) is 0 Å². The SMILES string of the molecule is O=C1NCc2c(C(=O)O)ncn2-c2ccccc21. The van der Waals surface area contributed by atoms with Gasteiger partial charge < -0.3 is 10.4 Å². The van der Waals surface area contributed by atoms with E-state index >= 15 is 0 Å². The smallest absolute Gasteiger partial charge is 0.356 e. The van der Waals surface area contributed by atoms with Crippen LogP contribution in [0.25, 0.3) is 5.69 Å². The lowest BCUT2D eigenvalue weighted by atomic mass is 10.1. The van der Waals surface area contributed by atoms with E-state index in [0.717, 1.165) is 0 Å². The molecular weight excluding hydrogens is 234 g/mol. The molecule has 2 N–H and O–H groups in total. The summed E-state index contributed by atoms with van der Waals surface area (Å²) in [7, 11) is 0. The summed E-state index contributed by atoms with van der Waals surface area (Å²) in [5.74, 6) is -1.32. The number of fused-ring (bicyclic) bond motifs is 3. The first-order valence-corrected chi connectivity index (χ1v) is 5.35. The molecule has 18 heavy (non-hydrogen) atoms. The highest BCUT2D eigenvalue weighted by Crippen LogP contribution is 2.21. The number of carbonyl (C=O) groups excluding carboxylic acids is 1. The quantitative estimate of drug-likeness (QED) is 0.776. The Morgan fingerprint density at radius 3 is 2.94 bits per heavy atom. The first-order chi connectivity index (χ1) is 8.68. The summed E-state index contributed by atoms with van der Waals surface area (Å²) in [6.07, 6.45) is 1.43. The topological polar surface area (TPSA) is 84.2 Å². The highest BCUT2D eigenvalue weighted by atomic mass is 16.4. The molecule has 0 unspecified atom stereocenters. The lowest BCUT2D eigenvalue weighted by Gasteiger charge is -2.06. The lowest BCUT2D eigenvalue weighted by molar-refractivity contribution is 0.0688. The maximum absolute atomic E-state index is 11.9. The highest BCUT2D eigenvalue weighted by molar-refractivity contribution is 5.98. The van der Waals surface area contributed by atoms with Crippen molar-refractivity contribution >= 4 is 11.9 Å². The zero-order valence-electron chi connectivity index (χ0n) is 9.25. The minimum absolute atomic E-state index is 0.0352. The number of para-hydroxylation sites is 1. The third-order valence-corrected chi connectivity index (χ3v) is 2.89. The average molecular weight is 243 g/mol. The van der Waals surface area contributed by atoms with Gasteiger partial charge in [-0.15, -0.1) is 0 Å². The molecule has 0 atom stereocenters. The van der Waals surface area contributed by atoms with E-state index < -0.39 is 5.97 Å². The Morgan fingerprint density at radius 1 is 1.39 bits per heavy atom. The van der Waals surface area contributed by atoms with E-state index in [1.54, 1.807) is 28.8 Å². The molecule has 2 heterocycles. The summed E-state index contributed by atoms with van der Waals surface area (Å²) in [5.41, 5.74) is 1.58. The number of benzene rings is 1. The Hall–Kier alpha value is -2.63. The van der Waals surface area contributed by atoms with Gasteiger partial charge in [-0.25, -0.2) is 9.78 Å². The number of rotatable bonds is 1. The van der Waals surface area contributed by atoms with Gasteiger partial charge in [0.1, 0.15) is 6.33 Å². The van der Waals surface area contributed by atoms with E-state index in [-0.39, 0.29) is 18.1 Å². The van der Waals surface area contributed by atoms with E-state index in [0.29, 0.717) is 16.9 Å². The number of nitrogens with one attached hydrogen (secondary N) is 1. The summed E-state index contributed by atoms with van der Waals surface area (Å²) in [6.45, 7) is 0.148. The summed E-state index contributed by atoms with van der Waals surface area (Å²) >= 11 is 0. The maximum Gasteiger partial charge on any atom is 0.356 e. The lowest BCUT2D eigenvalue weighted by Crippen LogP contribution is -2.22. The van der Waals surface area contributed by atoms with Crippen molar-refractivity contribution in [2.45, 2.75) is 6.54 Å². The van der Waals surface area contributed by atoms with Gasteiger partial charge in [-0.1, -0.05) is 12.1 Å². The van der Waals surface area contributed by atoms with Crippen LogP contribution in [0.5, 0.6) is 0 Å². The number of hydrogen-bond acceptors (Lipinski definition) is 3. The van der Waals surface area contributed by atoms with Gasteiger partial charge in [0.05, 0.1) is 23.5 Å². The Morgan fingerprint density at radius 2 is 2.17 bits per heavy atom. The second-order valence-corrected chi connectivity index (χ2v) is 3.91. The normalized spacial score (nSPS) is 13.2. The third-order valence-electron chi connectivity index (χ3n) is 2.89. The molecule has 1 aliphatic heterocycles. The van der Waals surface area contributed by atoms with Gasteiger partial charge in [0.25, 0.3) is 5.91 Å². The second-order valence-electron chi connectivity index (χ2n) is 3.91. The van der Waals surface area contributed by atoms with Crippen molar-refractivity contribution in [1.82, 2.24) is 14.9 Å². The van der Waals surface area contributed by atoms with Gasteiger partial charge in [0.2, 0.25) is 0 Å². The molecule has 1 amide bonds. The van der Waals surface area contributed by atoms with Gasteiger partial charge in [0.15, 0.2) is 5.69 Å². The summed E-state index contributed by atoms with van der Waals surface area (Å²) in [6, 6.07) is 7.01. The Bertz CT molecular complexity index is 660. The molecule has 2 aromatic rings. The van der Waals surface area contributed by atoms with E-state index in [1.807, 2.05) is 0 Å². The zero-order chi connectivity index (χ0) is 12.7. The summed E-state index contributed by atoms with van der Waals surface area (Å²) < 4.78 is 1.64. The van der Waals surface area contributed by atoms with E-state index in [4.69, 9.17) is 5.11 Å². The number of carbonyl (C=O) groups is 2. The van der Waals surface area contributed by atoms with Crippen molar-refractivity contribution in [1.29, 1.82) is 0 Å². The van der Waals surface area contributed by atoms with Crippen LogP contribution in [0.1, 0.15) is 26.5 Å². The van der Waals surface area contributed by atoms with Crippen LogP contribution < -0.4 is 5.32 Å². The first kappa shape index (κ1) is 10.5. The van der Waals surface area contributed by atoms with Crippen LogP contribution in [0.2, 0.25) is 0 Å². The van der Waals surface area contributed by atoms with Gasteiger partial charge in [0, 0.05) is 0 Å². The predicted octanol–water partition coefficient (Wildman–Crippen LogP) is 0.814. The molecule has 0 bridgehead atoms. The van der Waals surface area contributed by atoms with Gasteiger partial charge >= 0.3 is 5.97 Å². The molecule has 6 heteroatoms. The van der Waals surface area contributed by atoms with Crippen molar-refractivity contribution in [2.75, 3.05) is 0 Å². The second kappa shape index (κ2) is 3.69. The monoisotopic (exact) mass is 243 g/mol. The molecule has 0 aliphatic carbocycles. The molecule has 0 radical (unpaired) electrons. The largest absolute Gasteiger partial charge is 0.476 e. The van der Waals surface area contributed by atoms with Crippen molar-refractivity contribution < 1.29 is 14.7 Å². The van der Waals surface area contributed by atoms with Crippen LogP contribution in [0.15, 0.2) is 30.6 Å². The molecule has 0 spiro atoms. The number of hydrogen-bond donors (Lipinski definition) is 2. The fraction of sp³-hybridized carbons (Fsp3) is 0.0833. The minimum atomic E-state index is -1.10. The molecule has 0 saturated heterocycles. The Labute approximate surface area is 102 Å². The van der Waals surface area contributed by atoms with Gasteiger partial charge in [-0.3, -0.25) is 9.36 Å². The van der Waals surface area contributed by atoms with E-state index in [9.17, 15) is 9.59 Å². The Balaban J connectivity index is 2.28. The molecule has 0 fully saturated rings. The zero-order valence-corrected chi connectivity index (χ0v) is 9.25. The van der Waals surface area contributed by atoms with Crippen molar-refractivity contribution in [3.05, 3.63) is 47.5 Å². The van der Waals surface area contributed by atoms with Crippen molar-refractivity contribution in [3.63, 3.8) is 0 Å². The highest BCUT2D eigenvalue weighted by Gasteiger charge is 2.24. The molecule has 1 aliphatic rings. The fourth-order valence-corrected chi connectivity index (χ4v) is 2.06. The number of amides is 1. The van der Waals surface area contributed by atoms with Crippen LogP contribution >= 0.6 is 0 Å². The number of imidazole rings is 1. The first-order valence-electron chi connectivity index (χ1n) is 5.35. The molecule has 1 aromatic carbocycles. The molecule has 90 valence electrons. The molecule has 3 rings (SSSR count). The fourth-order valence-electron chi connectivity index (χ4n) is 2.06. The standard InChI is InChI=1S/C12H9N3O3/c16-11-7-3-1-2-4-8(7)15-6-14-10(12(17)18)9(15)5-13-11/h1-4,6H,5H2,(H,13,16)(H,17,18). The third kappa shape index (κ3) is 1.39.